The summed E-state index contributed by atoms with van der Waals surface area (Å²) in [6.07, 6.45) is 3.73. The van der Waals surface area contributed by atoms with E-state index in [1.54, 1.807) is 0 Å². The lowest BCUT2D eigenvalue weighted by Crippen LogP contribution is -2.19. The Balaban J connectivity index is 2.47. The Morgan fingerprint density at radius 2 is 2.14 bits per heavy atom. The molecule has 78 valence electrons. The fourth-order valence-electron chi connectivity index (χ4n) is 1.37. The monoisotopic (exact) mass is 193 g/mol. The molecule has 2 N–H and O–H groups in total. The topological polar surface area (TPSA) is 42.1 Å². The Morgan fingerprint density at radius 3 is 2.79 bits per heavy atom. The van der Waals surface area contributed by atoms with Gasteiger partial charge in [0.05, 0.1) is 0 Å². The van der Waals surface area contributed by atoms with Crippen LogP contribution >= 0.6 is 0 Å². The van der Waals surface area contributed by atoms with Crippen LogP contribution in [0.25, 0.3) is 0 Å². The molecule has 0 unspecified atom stereocenters. The fraction of sp³-hybridized carbons (Fsp3) is 0.545. The number of pyridine rings is 1. The molecule has 0 amide bonds. The zero-order chi connectivity index (χ0) is 10.4. The van der Waals surface area contributed by atoms with E-state index in [2.05, 4.69) is 23.9 Å². The first-order valence-corrected chi connectivity index (χ1v) is 5.17. The van der Waals surface area contributed by atoms with Gasteiger partial charge in [0.15, 0.2) is 0 Å². The van der Waals surface area contributed by atoms with Crippen LogP contribution in [0, 0.1) is 0 Å². The van der Waals surface area contributed by atoms with Crippen molar-refractivity contribution in [2.24, 2.45) is 0 Å². The molecule has 14 heavy (non-hydrogen) atoms. The van der Waals surface area contributed by atoms with Crippen LogP contribution in [0.1, 0.15) is 26.2 Å². The summed E-state index contributed by atoms with van der Waals surface area (Å²) < 4.78 is 0. The van der Waals surface area contributed by atoms with Crippen molar-refractivity contribution < 1.29 is 0 Å². The molecule has 3 heteroatoms. The van der Waals surface area contributed by atoms with Crippen LogP contribution in [0.4, 0.5) is 11.6 Å². The first-order valence-electron chi connectivity index (χ1n) is 5.17. The number of hydrogen-bond acceptors (Lipinski definition) is 3. The third-order valence-corrected chi connectivity index (χ3v) is 2.24. The van der Waals surface area contributed by atoms with Gasteiger partial charge < -0.3 is 10.6 Å². The van der Waals surface area contributed by atoms with Gasteiger partial charge in [0, 0.05) is 13.6 Å². The minimum absolute atomic E-state index is 0.588. The van der Waals surface area contributed by atoms with E-state index in [1.807, 2.05) is 18.2 Å². The van der Waals surface area contributed by atoms with Gasteiger partial charge in [-0.2, -0.15) is 0 Å². The minimum Gasteiger partial charge on any atom is -0.384 e. The maximum Gasteiger partial charge on any atom is 0.130 e. The third kappa shape index (κ3) is 3.24. The Hall–Kier alpha value is -1.25. The van der Waals surface area contributed by atoms with Crippen LogP contribution in [0.5, 0.6) is 0 Å². The normalized spacial score (nSPS) is 10.1. The molecule has 0 radical (unpaired) electrons. The molecule has 0 aliphatic rings. The maximum atomic E-state index is 5.61. The molecule has 3 nitrogen and oxygen atoms in total. The number of aromatic nitrogens is 1. The van der Waals surface area contributed by atoms with Crippen molar-refractivity contribution in [3.8, 4) is 0 Å². The molecule has 0 bridgehead atoms. The summed E-state index contributed by atoms with van der Waals surface area (Å²) in [6, 6.07) is 5.74. The van der Waals surface area contributed by atoms with Gasteiger partial charge >= 0.3 is 0 Å². The predicted octanol–water partition coefficient (Wildman–Crippen LogP) is 2.29. The van der Waals surface area contributed by atoms with Crippen molar-refractivity contribution in [2.75, 3.05) is 24.2 Å². The van der Waals surface area contributed by atoms with Crippen LogP contribution in [-0.4, -0.2) is 18.6 Å². The van der Waals surface area contributed by atoms with Crippen molar-refractivity contribution in [1.29, 1.82) is 0 Å². The first kappa shape index (κ1) is 10.8. The van der Waals surface area contributed by atoms with E-state index in [-0.39, 0.29) is 0 Å². The minimum atomic E-state index is 0.588. The van der Waals surface area contributed by atoms with Gasteiger partial charge in [0.25, 0.3) is 0 Å². The second-order valence-corrected chi connectivity index (χ2v) is 3.55. The quantitative estimate of drug-likeness (QED) is 0.729. The molecule has 1 aromatic rings. The van der Waals surface area contributed by atoms with E-state index >= 15 is 0 Å². The third-order valence-electron chi connectivity index (χ3n) is 2.24. The highest BCUT2D eigenvalue weighted by Crippen LogP contribution is 2.11. The van der Waals surface area contributed by atoms with Crippen LogP contribution < -0.4 is 10.6 Å². The van der Waals surface area contributed by atoms with E-state index in [0.29, 0.717) is 5.82 Å². The summed E-state index contributed by atoms with van der Waals surface area (Å²) in [5, 5.41) is 0. The van der Waals surface area contributed by atoms with Gasteiger partial charge in [-0.15, -0.1) is 0 Å². The second-order valence-electron chi connectivity index (χ2n) is 3.55. The first-order chi connectivity index (χ1) is 6.74. The average Bonchev–Trinajstić information content (AvgIpc) is 2.18. The van der Waals surface area contributed by atoms with Gasteiger partial charge in [-0.05, 0) is 18.6 Å². The summed E-state index contributed by atoms with van der Waals surface area (Å²) in [4.78, 5) is 6.40. The highest BCUT2D eigenvalue weighted by atomic mass is 15.2. The van der Waals surface area contributed by atoms with Crippen molar-refractivity contribution in [1.82, 2.24) is 4.98 Å². The summed E-state index contributed by atoms with van der Waals surface area (Å²) in [6.45, 7) is 3.25. The molecule has 0 aromatic carbocycles. The van der Waals surface area contributed by atoms with E-state index in [9.17, 15) is 0 Å². The SMILES string of the molecule is CCCCCN(C)c1cccc(N)n1. The highest BCUT2D eigenvalue weighted by molar-refractivity contribution is 5.43. The van der Waals surface area contributed by atoms with Crippen LogP contribution in [0.3, 0.4) is 0 Å². The maximum absolute atomic E-state index is 5.61. The van der Waals surface area contributed by atoms with Gasteiger partial charge in [-0.3, -0.25) is 0 Å². The molecular weight excluding hydrogens is 174 g/mol. The van der Waals surface area contributed by atoms with Crippen LogP contribution in [0.15, 0.2) is 18.2 Å². The molecule has 0 aliphatic heterocycles. The van der Waals surface area contributed by atoms with Gasteiger partial charge in [-0.1, -0.05) is 25.8 Å². The Morgan fingerprint density at radius 1 is 1.36 bits per heavy atom. The van der Waals surface area contributed by atoms with E-state index in [0.717, 1.165) is 12.4 Å². The van der Waals surface area contributed by atoms with E-state index in [1.165, 1.54) is 19.3 Å². The molecule has 0 atom stereocenters. The van der Waals surface area contributed by atoms with Crippen LogP contribution in [-0.2, 0) is 0 Å². The smallest absolute Gasteiger partial charge is 0.130 e. The number of anilines is 2. The molecule has 0 saturated carbocycles. The molecule has 1 aromatic heterocycles. The number of nitrogens with two attached hydrogens (primary N) is 1. The molecular formula is C11H19N3. The fourth-order valence-corrected chi connectivity index (χ4v) is 1.37. The lowest BCUT2D eigenvalue weighted by Gasteiger charge is -2.17. The highest BCUT2D eigenvalue weighted by Gasteiger charge is 2.01. The summed E-state index contributed by atoms with van der Waals surface area (Å²) in [5.41, 5.74) is 5.61. The van der Waals surface area contributed by atoms with Crippen molar-refractivity contribution in [2.45, 2.75) is 26.2 Å². The standard InChI is InChI=1S/C11H19N3/c1-3-4-5-9-14(2)11-8-6-7-10(12)13-11/h6-8H,3-5,9H2,1-2H3,(H2,12,13). The predicted molar refractivity (Wildman–Crippen MR) is 61.4 cm³/mol. The van der Waals surface area contributed by atoms with Crippen molar-refractivity contribution >= 4 is 11.6 Å². The van der Waals surface area contributed by atoms with Crippen LogP contribution in [0.2, 0.25) is 0 Å². The van der Waals surface area contributed by atoms with Gasteiger partial charge in [-0.25, -0.2) is 4.98 Å². The lowest BCUT2D eigenvalue weighted by atomic mass is 10.2. The van der Waals surface area contributed by atoms with Gasteiger partial charge in [0.2, 0.25) is 0 Å². The second kappa shape index (κ2) is 5.47. The Bertz CT molecular complexity index is 273. The number of rotatable bonds is 5. The summed E-state index contributed by atoms with van der Waals surface area (Å²) in [7, 11) is 2.05. The molecule has 1 heterocycles. The van der Waals surface area contributed by atoms with E-state index in [4.69, 9.17) is 5.73 Å². The van der Waals surface area contributed by atoms with E-state index < -0.39 is 0 Å². The molecule has 1 rings (SSSR count). The number of unbranched alkanes of at least 4 members (excludes halogenated alkanes) is 2. The zero-order valence-electron chi connectivity index (χ0n) is 9.03. The lowest BCUT2D eigenvalue weighted by molar-refractivity contribution is 0.701. The molecule has 0 spiro atoms. The number of nitrogens with zero attached hydrogens (tertiary/aromatic N) is 2. The summed E-state index contributed by atoms with van der Waals surface area (Å²) >= 11 is 0. The van der Waals surface area contributed by atoms with Gasteiger partial charge in [0.1, 0.15) is 11.6 Å². The Labute approximate surface area is 85.9 Å². The largest absolute Gasteiger partial charge is 0.384 e. The number of nitrogen functional groups attached to an aromatic ring is 1. The molecule has 0 fully saturated rings. The van der Waals surface area contributed by atoms with Crippen molar-refractivity contribution in [3.63, 3.8) is 0 Å². The van der Waals surface area contributed by atoms with Crippen molar-refractivity contribution in [3.05, 3.63) is 18.2 Å². The zero-order valence-corrected chi connectivity index (χ0v) is 9.03. The molecule has 0 saturated heterocycles. The summed E-state index contributed by atoms with van der Waals surface area (Å²) in [5.74, 6) is 1.55. The average molecular weight is 193 g/mol. The Kier molecular flexibility index (Phi) is 4.23. The number of hydrogen-bond donors (Lipinski definition) is 1. The molecule has 0 aliphatic carbocycles.